The van der Waals surface area contributed by atoms with Gasteiger partial charge in [0.1, 0.15) is 11.6 Å². The molecule has 0 radical (unpaired) electrons. The third-order valence-electron chi connectivity index (χ3n) is 2.81. The van der Waals surface area contributed by atoms with E-state index < -0.39 is 5.97 Å². The van der Waals surface area contributed by atoms with E-state index in [0.29, 0.717) is 17.7 Å². The maximum Gasteiger partial charge on any atom is 0.303 e. The smallest absolute Gasteiger partial charge is 0.303 e. The second kappa shape index (κ2) is 6.35. The number of rotatable bonds is 6. The molecule has 1 N–H and O–H groups in total. The van der Waals surface area contributed by atoms with Crippen molar-refractivity contribution in [2.24, 2.45) is 0 Å². The van der Waals surface area contributed by atoms with Gasteiger partial charge in [0.15, 0.2) is 0 Å². The highest BCUT2D eigenvalue weighted by molar-refractivity contribution is 5.66. The van der Waals surface area contributed by atoms with E-state index in [1.165, 1.54) is 19.2 Å². The van der Waals surface area contributed by atoms with Crippen LogP contribution in [0.3, 0.4) is 0 Å². The van der Waals surface area contributed by atoms with E-state index in [1.807, 2.05) is 19.0 Å². The monoisotopic (exact) mass is 255 g/mol. The van der Waals surface area contributed by atoms with Crippen molar-refractivity contribution in [2.45, 2.75) is 18.9 Å². The van der Waals surface area contributed by atoms with Gasteiger partial charge in [0.2, 0.25) is 0 Å². The summed E-state index contributed by atoms with van der Waals surface area (Å²) in [5.41, 5.74) is 0.670. The van der Waals surface area contributed by atoms with Crippen LogP contribution in [0.1, 0.15) is 24.4 Å². The zero-order chi connectivity index (χ0) is 13.7. The molecule has 0 aliphatic carbocycles. The average Bonchev–Trinajstić information content (AvgIpc) is 2.28. The molecule has 0 heterocycles. The molecule has 0 aromatic heterocycles. The van der Waals surface area contributed by atoms with E-state index in [-0.39, 0.29) is 18.3 Å². The van der Waals surface area contributed by atoms with Crippen molar-refractivity contribution in [3.63, 3.8) is 0 Å². The van der Waals surface area contributed by atoms with Gasteiger partial charge in [0.05, 0.1) is 7.11 Å². The Bertz CT molecular complexity index is 421. The lowest BCUT2D eigenvalue weighted by molar-refractivity contribution is -0.137. The van der Waals surface area contributed by atoms with Gasteiger partial charge in [-0.3, -0.25) is 4.79 Å². The third-order valence-corrected chi connectivity index (χ3v) is 2.81. The SMILES string of the molecule is COc1ccc(F)cc1C(CCC(=O)O)N(C)C. The molecule has 0 aliphatic rings. The summed E-state index contributed by atoms with van der Waals surface area (Å²) in [6.07, 6.45) is 0.435. The summed E-state index contributed by atoms with van der Waals surface area (Å²) < 4.78 is 18.5. The number of carboxylic acid groups (broad SMARTS) is 1. The number of nitrogens with zero attached hydrogens (tertiary/aromatic N) is 1. The Morgan fingerprint density at radius 3 is 2.67 bits per heavy atom. The van der Waals surface area contributed by atoms with E-state index >= 15 is 0 Å². The minimum Gasteiger partial charge on any atom is -0.496 e. The molecule has 0 saturated heterocycles. The van der Waals surface area contributed by atoms with Crippen molar-refractivity contribution in [2.75, 3.05) is 21.2 Å². The van der Waals surface area contributed by atoms with Crippen LogP contribution in [0.4, 0.5) is 4.39 Å². The largest absolute Gasteiger partial charge is 0.496 e. The molecule has 1 rings (SSSR count). The summed E-state index contributed by atoms with van der Waals surface area (Å²) in [5, 5.41) is 8.75. The van der Waals surface area contributed by atoms with Gasteiger partial charge < -0.3 is 14.7 Å². The van der Waals surface area contributed by atoms with Crippen LogP contribution in [0, 0.1) is 5.82 Å². The van der Waals surface area contributed by atoms with Crippen LogP contribution in [0.15, 0.2) is 18.2 Å². The van der Waals surface area contributed by atoms with Crippen LogP contribution in [0.5, 0.6) is 5.75 Å². The molecule has 1 aromatic rings. The first-order valence-electron chi connectivity index (χ1n) is 5.67. The lowest BCUT2D eigenvalue weighted by Gasteiger charge is -2.25. The van der Waals surface area contributed by atoms with Gasteiger partial charge in [-0.25, -0.2) is 4.39 Å². The van der Waals surface area contributed by atoms with Gasteiger partial charge in [-0.2, -0.15) is 0 Å². The van der Waals surface area contributed by atoms with Gasteiger partial charge in [0, 0.05) is 18.0 Å². The van der Waals surface area contributed by atoms with Gasteiger partial charge in [-0.05, 0) is 38.7 Å². The first-order chi connectivity index (χ1) is 8.45. The number of hydrogen-bond acceptors (Lipinski definition) is 3. The fraction of sp³-hybridized carbons (Fsp3) is 0.462. The molecule has 1 unspecified atom stereocenters. The number of halogens is 1. The Labute approximate surface area is 106 Å². The molecule has 0 saturated carbocycles. The molecule has 5 heteroatoms. The number of methoxy groups -OCH3 is 1. The molecule has 100 valence electrons. The lowest BCUT2D eigenvalue weighted by Crippen LogP contribution is -2.21. The Balaban J connectivity index is 3.04. The maximum atomic E-state index is 13.3. The Morgan fingerprint density at radius 1 is 1.50 bits per heavy atom. The summed E-state index contributed by atoms with van der Waals surface area (Å²) in [6.45, 7) is 0. The molecule has 0 bridgehead atoms. The molecule has 0 spiro atoms. The zero-order valence-corrected chi connectivity index (χ0v) is 10.8. The van der Waals surface area contributed by atoms with Gasteiger partial charge in [-0.15, -0.1) is 0 Å². The summed E-state index contributed by atoms with van der Waals surface area (Å²) in [5.74, 6) is -0.648. The lowest BCUT2D eigenvalue weighted by atomic mass is 10.00. The first kappa shape index (κ1) is 14.4. The molecular weight excluding hydrogens is 237 g/mol. The van der Waals surface area contributed by atoms with Gasteiger partial charge in [0.25, 0.3) is 0 Å². The third kappa shape index (κ3) is 3.70. The summed E-state index contributed by atoms with van der Waals surface area (Å²) in [7, 11) is 5.17. The fourth-order valence-electron chi connectivity index (χ4n) is 1.92. The van der Waals surface area contributed by atoms with Crippen molar-refractivity contribution < 1.29 is 19.0 Å². The van der Waals surface area contributed by atoms with Crippen LogP contribution in [0.25, 0.3) is 0 Å². The topological polar surface area (TPSA) is 49.8 Å². The predicted octanol–water partition coefficient (Wildman–Crippen LogP) is 2.30. The standard InChI is InChI=1S/C13H18FNO3/c1-15(2)11(5-7-13(16)17)10-8-9(14)4-6-12(10)18-3/h4,6,8,11H,5,7H2,1-3H3,(H,16,17). The fourth-order valence-corrected chi connectivity index (χ4v) is 1.92. The summed E-state index contributed by atoms with van der Waals surface area (Å²) in [6, 6.07) is 4.09. The number of carboxylic acids is 1. The number of benzene rings is 1. The zero-order valence-electron chi connectivity index (χ0n) is 10.8. The van der Waals surface area contributed by atoms with Crippen molar-refractivity contribution in [3.05, 3.63) is 29.6 Å². The summed E-state index contributed by atoms with van der Waals surface area (Å²) >= 11 is 0. The van der Waals surface area contributed by atoms with E-state index in [1.54, 1.807) is 6.07 Å². The van der Waals surface area contributed by atoms with Crippen molar-refractivity contribution in [1.29, 1.82) is 0 Å². The number of ether oxygens (including phenoxy) is 1. The minimum absolute atomic E-state index is 0.0303. The molecule has 0 aliphatic heterocycles. The van der Waals surface area contributed by atoms with E-state index in [2.05, 4.69) is 0 Å². The normalized spacial score (nSPS) is 12.5. The Morgan fingerprint density at radius 2 is 2.17 bits per heavy atom. The minimum atomic E-state index is -0.864. The van der Waals surface area contributed by atoms with Gasteiger partial charge >= 0.3 is 5.97 Å². The maximum absolute atomic E-state index is 13.3. The molecule has 0 fully saturated rings. The molecule has 1 atom stereocenters. The molecule has 1 aromatic carbocycles. The number of aliphatic carboxylic acids is 1. The second-order valence-electron chi connectivity index (χ2n) is 4.30. The van der Waals surface area contributed by atoms with Gasteiger partial charge in [-0.1, -0.05) is 0 Å². The van der Waals surface area contributed by atoms with Crippen LogP contribution in [-0.2, 0) is 4.79 Å². The highest BCUT2D eigenvalue weighted by Gasteiger charge is 2.20. The Kier molecular flexibility index (Phi) is 5.09. The second-order valence-corrected chi connectivity index (χ2v) is 4.30. The van der Waals surface area contributed by atoms with E-state index in [9.17, 15) is 9.18 Å². The van der Waals surface area contributed by atoms with Crippen LogP contribution >= 0.6 is 0 Å². The van der Waals surface area contributed by atoms with E-state index in [0.717, 1.165) is 0 Å². The van der Waals surface area contributed by atoms with E-state index in [4.69, 9.17) is 9.84 Å². The molecular formula is C13H18FNO3. The highest BCUT2D eigenvalue weighted by Crippen LogP contribution is 2.31. The molecule has 4 nitrogen and oxygen atoms in total. The van der Waals surface area contributed by atoms with Crippen LogP contribution in [-0.4, -0.2) is 37.2 Å². The first-order valence-corrected chi connectivity index (χ1v) is 5.67. The number of carbonyl (C=O) groups is 1. The van der Waals surface area contributed by atoms with Crippen LogP contribution in [0.2, 0.25) is 0 Å². The quantitative estimate of drug-likeness (QED) is 0.847. The van der Waals surface area contributed by atoms with Crippen LogP contribution < -0.4 is 4.74 Å². The summed E-state index contributed by atoms with van der Waals surface area (Å²) in [4.78, 5) is 12.5. The Hall–Kier alpha value is -1.62. The van der Waals surface area contributed by atoms with Crippen molar-refractivity contribution in [3.8, 4) is 5.75 Å². The number of hydrogen-bond donors (Lipinski definition) is 1. The van der Waals surface area contributed by atoms with Crippen molar-refractivity contribution >= 4 is 5.97 Å². The highest BCUT2D eigenvalue weighted by atomic mass is 19.1. The predicted molar refractivity (Wildman–Crippen MR) is 66.2 cm³/mol. The molecule has 0 amide bonds. The molecule has 18 heavy (non-hydrogen) atoms. The average molecular weight is 255 g/mol. The van der Waals surface area contributed by atoms with Crippen molar-refractivity contribution in [1.82, 2.24) is 4.90 Å².